The number of carboxylic acid groups (broad SMARTS) is 1. The van der Waals surface area contributed by atoms with Crippen LogP contribution in [-0.4, -0.2) is 65.4 Å². The zero-order valence-electron chi connectivity index (χ0n) is 18.6. The van der Waals surface area contributed by atoms with Crippen LogP contribution in [0.5, 0.6) is 0 Å². The Balaban J connectivity index is 0.00000341. The highest BCUT2D eigenvalue weighted by atomic mass is 35.5. The molecule has 0 aliphatic carbocycles. The summed E-state index contributed by atoms with van der Waals surface area (Å²) in [5, 5.41) is 16.8. The number of fused-ring (bicyclic) bond motifs is 1. The molecule has 2 amide bonds. The normalized spacial score (nSPS) is 22.4. The Hall–Kier alpha value is -2.49. The summed E-state index contributed by atoms with van der Waals surface area (Å²) < 4.78 is 5.56. The molecule has 2 aromatic rings. The molecule has 10 heteroatoms. The molecule has 0 bridgehead atoms. The first-order chi connectivity index (χ1) is 14.2. The van der Waals surface area contributed by atoms with Gasteiger partial charge in [0.05, 0.1) is 26.1 Å². The maximum Gasteiger partial charge on any atom is 0.407 e. The van der Waals surface area contributed by atoms with Crippen molar-refractivity contribution < 1.29 is 19.2 Å². The fourth-order valence-electron chi connectivity index (χ4n) is 4.25. The first kappa shape index (κ1) is 24.8. The lowest BCUT2D eigenvalue weighted by molar-refractivity contribution is -0.129. The van der Waals surface area contributed by atoms with Crippen LogP contribution < -0.4 is 9.80 Å². The topological polar surface area (TPSA) is 109 Å². The minimum atomic E-state index is -0.975. The van der Waals surface area contributed by atoms with E-state index in [1.165, 1.54) is 4.90 Å². The van der Waals surface area contributed by atoms with E-state index >= 15 is 0 Å². The van der Waals surface area contributed by atoms with E-state index < -0.39 is 6.09 Å². The molecule has 1 aliphatic rings. The number of likely N-dealkylation sites (N-methyl/N-ethyl adjacent to an activating group) is 1. The third-order valence-corrected chi connectivity index (χ3v) is 6.26. The largest absolute Gasteiger partial charge is 0.465 e. The van der Waals surface area contributed by atoms with E-state index in [4.69, 9.17) is 4.52 Å². The van der Waals surface area contributed by atoms with E-state index in [1.807, 2.05) is 46.1 Å². The van der Waals surface area contributed by atoms with Gasteiger partial charge in [-0.25, -0.2) is 14.1 Å². The third-order valence-electron chi connectivity index (χ3n) is 6.26. The smallest absolute Gasteiger partial charge is 0.407 e. The number of benzene rings is 1. The van der Waals surface area contributed by atoms with Crippen molar-refractivity contribution in [3.05, 3.63) is 29.6 Å². The van der Waals surface area contributed by atoms with Crippen molar-refractivity contribution in [2.24, 2.45) is 0 Å². The Labute approximate surface area is 188 Å². The molecule has 3 atom stereocenters. The first-order valence-corrected chi connectivity index (χ1v) is 10.2. The van der Waals surface area contributed by atoms with Gasteiger partial charge in [0, 0.05) is 43.1 Å². The molecule has 0 saturated heterocycles. The predicted molar refractivity (Wildman–Crippen MR) is 120 cm³/mol. The molecule has 0 fully saturated rings. The van der Waals surface area contributed by atoms with Gasteiger partial charge in [0.25, 0.3) is 5.89 Å². The zero-order chi connectivity index (χ0) is 22.1. The molecular formula is C21H31ClN5O4+. The zero-order valence-corrected chi connectivity index (χ0v) is 19.4. The standard InChI is InChI=1S/C21H29N5O4.ClH/c1-6-25(21(28)29)17-11-13(2)26(5,14(3)27)18-8-7-15(12-16(17)18)20-23-19(24-30-20)9-10-22-4;/h7-8,12-13,17,22H,6,9-11H2,1-5H3;1H/p+1/t13-,17+,26?;/m0./s1. The number of carbonyl (C=O) groups is 2. The summed E-state index contributed by atoms with van der Waals surface area (Å²) in [6.07, 6.45) is 0.217. The summed E-state index contributed by atoms with van der Waals surface area (Å²) in [6.45, 7) is 6.49. The number of hydrogen-bond acceptors (Lipinski definition) is 6. The molecule has 1 unspecified atom stereocenters. The highest BCUT2D eigenvalue weighted by molar-refractivity contribution is 5.89. The van der Waals surface area contributed by atoms with Crippen LogP contribution in [0.1, 0.15) is 44.6 Å². The van der Waals surface area contributed by atoms with Crippen molar-refractivity contribution in [1.29, 1.82) is 0 Å². The number of aromatic nitrogens is 2. The Bertz CT molecular complexity index is 950. The number of halogens is 1. The van der Waals surface area contributed by atoms with Gasteiger partial charge >= 0.3 is 12.0 Å². The Morgan fingerprint density at radius 2 is 2.10 bits per heavy atom. The molecule has 170 valence electrons. The number of hydrogen-bond donors (Lipinski definition) is 2. The second-order valence-corrected chi connectivity index (χ2v) is 7.91. The van der Waals surface area contributed by atoms with Gasteiger partial charge in [0.1, 0.15) is 5.69 Å². The van der Waals surface area contributed by atoms with Crippen LogP contribution in [0, 0.1) is 0 Å². The first-order valence-electron chi connectivity index (χ1n) is 10.2. The predicted octanol–water partition coefficient (Wildman–Crippen LogP) is 3.24. The lowest BCUT2D eigenvalue weighted by Gasteiger charge is -2.45. The average molecular weight is 453 g/mol. The molecule has 1 aromatic heterocycles. The molecule has 1 aromatic carbocycles. The van der Waals surface area contributed by atoms with Crippen LogP contribution in [0.2, 0.25) is 0 Å². The van der Waals surface area contributed by atoms with E-state index in [2.05, 4.69) is 15.5 Å². The van der Waals surface area contributed by atoms with Crippen molar-refractivity contribution in [2.75, 3.05) is 27.2 Å². The fraction of sp³-hybridized carbons (Fsp3) is 0.524. The number of amides is 2. The molecule has 2 heterocycles. The molecular weight excluding hydrogens is 422 g/mol. The maximum absolute atomic E-state index is 12.6. The van der Waals surface area contributed by atoms with Gasteiger partial charge in [0.15, 0.2) is 5.82 Å². The monoisotopic (exact) mass is 452 g/mol. The van der Waals surface area contributed by atoms with Gasteiger partial charge < -0.3 is 19.8 Å². The van der Waals surface area contributed by atoms with Crippen LogP contribution in [0.4, 0.5) is 10.5 Å². The third kappa shape index (κ3) is 4.44. The summed E-state index contributed by atoms with van der Waals surface area (Å²) in [5.41, 5.74) is 2.33. The van der Waals surface area contributed by atoms with Crippen molar-refractivity contribution in [3.63, 3.8) is 0 Å². The van der Waals surface area contributed by atoms with Crippen LogP contribution in [0.3, 0.4) is 0 Å². The van der Waals surface area contributed by atoms with Gasteiger partial charge in [-0.2, -0.15) is 4.98 Å². The highest BCUT2D eigenvalue weighted by Crippen LogP contribution is 2.45. The van der Waals surface area contributed by atoms with Crippen molar-refractivity contribution >= 4 is 30.1 Å². The number of nitrogens with zero attached hydrogens (tertiary/aromatic N) is 4. The molecule has 0 spiro atoms. The maximum atomic E-state index is 12.6. The minimum Gasteiger partial charge on any atom is -0.465 e. The van der Waals surface area contributed by atoms with Gasteiger partial charge in [-0.3, -0.25) is 0 Å². The van der Waals surface area contributed by atoms with E-state index in [0.717, 1.165) is 17.8 Å². The number of carbonyl (C=O) groups excluding carboxylic acids is 1. The molecule has 3 rings (SSSR count). The highest BCUT2D eigenvalue weighted by Gasteiger charge is 2.47. The van der Waals surface area contributed by atoms with E-state index in [1.54, 1.807) is 6.92 Å². The van der Waals surface area contributed by atoms with Crippen LogP contribution >= 0.6 is 12.4 Å². The quantitative estimate of drug-likeness (QED) is 0.647. The summed E-state index contributed by atoms with van der Waals surface area (Å²) >= 11 is 0. The Kier molecular flexibility index (Phi) is 7.80. The van der Waals surface area contributed by atoms with Crippen molar-refractivity contribution in [2.45, 2.75) is 45.7 Å². The van der Waals surface area contributed by atoms with E-state index in [9.17, 15) is 14.7 Å². The second kappa shape index (κ2) is 9.76. The lowest BCUT2D eigenvalue weighted by Crippen LogP contribution is -2.60. The van der Waals surface area contributed by atoms with Gasteiger partial charge in [-0.1, -0.05) is 5.16 Å². The molecule has 2 N–H and O–H groups in total. The van der Waals surface area contributed by atoms with Gasteiger partial charge in [0.2, 0.25) is 0 Å². The fourth-order valence-corrected chi connectivity index (χ4v) is 4.25. The van der Waals surface area contributed by atoms with Gasteiger partial charge in [-0.05, 0) is 33.0 Å². The van der Waals surface area contributed by atoms with E-state index in [-0.39, 0.29) is 34.9 Å². The SMILES string of the molecule is CCN(C(=O)O)[C@@H]1C[C@H](C)[N+](C)(C(C)=O)c2ccc(-c3nc(CCNC)no3)cc21.Cl. The molecule has 9 nitrogen and oxygen atoms in total. The molecule has 0 saturated carbocycles. The second-order valence-electron chi connectivity index (χ2n) is 7.91. The number of nitrogens with one attached hydrogen (secondary N) is 1. The minimum absolute atomic E-state index is 0. The number of quaternary nitrogens is 1. The van der Waals surface area contributed by atoms with Crippen molar-refractivity contribution in [1.82, 2.24) is 24.8 Å². The van der Waals surface area contributed by atoms with Crippen LogP contribution in [-0.2, 0) is 11.2 Å². The van der Waals surface area contributed by atoms with Crippen LogP contribution in [0.25, 0.3) is 11.5 Å². The molecule has 31 heavy (non-hydrogen) atoms. The summed E-state index contributed by atoms with van der Waals surface area (Å²) in [6, 6.07) is 5.24. The molecule has 0 radical (unpaired) electrons. The Morgan fingerprint density at radius 3 is 2.68 bits per heavy atom. The summed E-state index contributed by atoms with van der Waals surface area (Å²) in [7, 11) is 3.75. The number of rotatable bonds is 6. The molecule has 1 aliphatic heterocycles. The lowest BCUT2D eigenvalue weighted by atomic mass is 9.87. The van der Waals surface area contributed by atoms with E-state index in [0.29, 0.717) is 36.7 Å². The summed E-state index contributed by atoms with van der Waals surface area (Å²) in [5.74, 6) is 1.00. The average Bonchev–Trinajstić information content (AvgIpc) is 3.18. The van der Waals surface area contributed by atoms with Crippen LogP contribution in [0.15, 0.2) is 22.7 Å². The van der Waals surface area contributed by atoms with Gasteiger partial charge in [-0.15, -0.1) is 12.4 Å². The summed E-state index contributed by atoms with van der Waals surface area (Å²) in [4.78, 5) is 30.4. The Morgan fingerprint density at radius 1 is 1.39 bits per heavy atom. The van der Waals surface area contributed by atoms with Crippen molar-refractivity contribution in [3.8, 4) is 11.5 Å².